The van der Waals surface area contributed by atoms with Crippen molar-refractivity contribution in [3.05, 3.63) is 54.0 Å². The summed E-state index contributed by atoms with van der Waals surface area (Å²) in [6.45, 7) is 8.54. The molecular weight excluding hydrogens is 410 g/mol. The number of carboxylic acid groups (broad SMARTS) is 1. The van der Waals surface area contributed by atoms with Gasteiger partial charge in [-0.1, -0.05) is 44.2 Å². The predicted octanol–water partition coefficient (Wildman–Crippen LogP) is 4.57. The Balaban J connectivity index is 0.000000858. The molecule has 0 unspecified atom stereocenters. The minimum Gasteiger partial charge on any atom is -0.483 e. The molecule has 8 heteroatoms. The van der Waals surface area contributed by atoms with Crippen molar-refractivity contribution in [3.63, 3.8) is 0 Å². The zero-order valence-electron chi connectivity index (χ0n) is 18.3. The highest BCUT2D eigenvalue weighted by Crippen LogP contribution is 2.31. The van der Waals surface area contributed by atoms with Crippen molar-refractivity contribution in [1.29, 1.82) is 0 Å². The maximum Gasteiger partial charge on any atom is 0.290 e. The number of aromatic nitrogens is 3. The summed E-state index contributed by atoms with van der Waals surface area (Å²) in [6.07, 6.45) is 6.53. The van der Waals surface area contributed by atoms with E-state index >= 15 is 0 Å². The molecule has 0 amide bonds. The van der Waals surface area contributed by atoms with Crippen LogP contribution >= 0.6 is 11.8 Å². The van der Waals surface area contributed by atoms with Gasteiger partial charge in [-0.3, -0.25) is 9.20 Å². The molecule has 0 radical (unpaired) electrons. The zero-order chi connectivity index (χ0) is 22.2. The Bertz CT molecular complexity index is 971. The third-order valence-electron chi connectivity index (χ3n) is 5.32. The molecule has 1 aromatic carbocycles. The standard InChI is InChI=1S/C22H29N5S.CH2O2/c1-15(2)19-13-24-22-21(25-16(3)17-7-5-4-6-8-17)26-20(14-27(19)22)28-18-9-11-23-12-10-18;2-1-3/h4-8,13-16,18,23H,9-12H2,1-3H3,(H,25,26);1H,(H,2,3)/t16-;/m0./s1. The van der Waals surface area contributed by atoms with Gasteiger partial charge >= 0.3 is 0 Å². The lowest BCUT2D eigenvalue weighted by atomic mass is 10.1. The second-order valence-corrected chi connectivity index (χ2v) is 9.23. The fraction of sp³-hybridized carbons (Fsp3) is 0.435. The molecule has 4 rings (SSSR count). The lowest BCUT2D eigenvalue weighted by molar-refractivity contribution is -0.122. The van der Waals surface area contributed by atoms with Gasteiger partial charge in [0.1, 0.15) is 5.03 Å². The molecule has 0 aliphatic carbocycles. The number of thioether (sulfide) groups is 1. The van der Waals surface area contributed by atoms with Gasteiger partial charge < -0.3 is 15.7 Å². The van der Waals surface area contributed by atoms with Crippen LogP contribution in [0.2, 0.25) is 0 Å². The number of anilines is 1. The summed E-state index contributed by atoms with van der Waals surface area (Å²) in [7, 11) is 0. The third kappa shape index (κ3) is 5.98. The van der Waals surface area contributed by atoms with Crippen LogP contribution in [0.5, 0.6) is 0 Å². The summed E-state index contributed by atoms with van der Waals surface area (Å²) in [5, 5.41) is 15.6. The molecule has 3 heterocycles. The highest BCUT2D eigenvalue weighted by atomic mass is 32.2. The van der Waals surface area contributed by atoms with Crippen molar-refractivity contribution >= 4 is 29.7 Å². The number of hydrogen-bond acceptors (Lipinski definition) is 6. The van der Waals surface area contributed by atoms with E-state index in [1.165, 1.54) is 24.1 Å². The third-order valence-corrected chi connectivity index (χ3v) is 6.56. The Morgan fingerprint density at radius 2 is 1.90 bits per heavy atom. The molecule has 1 aliphatic rings. The molecule has 0 spiro atoms. The Morgan fingerprint density at radius 3 is 2.55 bits per heavy atom. The molecule has 7 nitrogen and oxygen atoms in total. The van der Waals surface area contributed by atoms with E-state index < -0.39 is 0 Å². The number of rotatable bonds is 6. The second-order valence-electron chi connectivity index (χ2n) is 7.91. The first-order valence-corrected chi connectivity index (χ1v) is 11.6. The van der Waals surface area contributed by atoms with Crippen molar-refractivity contribution < 1.29 is 9.90 Å². The smallest absolute Gasteiger partial charge is 0.290 e. The van der Waals surface area contributed by atoms with Crippen LogP contribution in [0.3, 0.4) is 0 Å². The molecule has 31 heavy (non-hydrogen) atoms. The van der Waals surface area contributed by atoms with Crippen molar-refractivity contribution in [3.8, 4) is 0 Å². The highest BCUT2D eigenvalue weighted by Gasteiger charge is 2.19. The van der Waals surface area contributed by atoms with Gasteiger partial charge in [0.2, 0.25) is 0 Å². The number of nitrogens with one attached hydrogen (secondary N) is 2. The summed E-state index contributed by atoms with van der Waals surface area (Å²) in [4.78, 5) is 18.0. The van der Waals surface area contributed by atoms with Crippen molar-refractivity contribution in [1.82, 2.24) is 19.7 Å². The molecule has 2 aromatic heterocycles. The average molecular weight is 442 g/mol. The normalized spacial score (nSPS) is 15.4. The van der Waals surface area contributed by atoms with Gasteiger partial charge in [0.05, 0.1) is 6.04 Å². The molecule has 3 N–H and O–H groups in total. The van der Waals surface area contributed by atoms with Gasteiger partial charge in [-0.2, -0.15) is 0 Å². The lowest BCUT2D eigenvalue weighted by Gasteiger charge is -2.22. The highest BCUT2D eigenvalue weighted by molar-refractivity contribution is 7.99. The van der Waals surface area contributed by atoms with E-state index in [1.54, 1.807) is 0 Å². The monoisotopic (exact) mass is 441 g/mol. The van der Waals surface area contributed by atoms with E-state index in [1.807, 2.05) is 24.0 Å². The van der Waals surface area contributed by atoms with Gasteiger partial charge in [-0.15, -0.1) is 11.8 Å². The van der Waals surface area contributed by atoms with Gasteiger partial charge in [0.25, 0.3) is 6.47 Å². The minimum atomic E-state index is -0.250. The van der Waals surface area contributed by atoms with Crippen molar-refractivity contribution in [2.24, 2.45) is 0 Å². The Hall–Kier alpha value is -2.58. The number of carbonyl (C=O) groups is 1. The van der Waals surface area contributed by atoms with Crippen molar-refractivity contribution in [2.75, 3.05) is 18.4 Å². The first kappa shape index (κ1) is 23.1. The first-order valence-electron chi connectivity index (χ1n) is 10.7. The Kier molecular flexibility index (Phi) is 8.31. The second kappa shape index (κ2) is 11.2. The van der Waals surface area contributed by atoms with Gasteiger partial charge in [-0.25, -0.2) is 9.97 Å². The molecule has 166 valence electrons. The number of piperidine rings is 1. The van der Waals surface area contributed by atoms with E-state index in [2.05, 4.69) is 66.3 Å². The van der Waals surface area contributed by atoms with E-state index in [-0.39, 0.29) is 12.5 Å². The summed E-state index contributed by atoms with van der Waals surface area (Å²) in [6, 6.07) is 10.7. The van der Waals surface area contributed by atoms with Crippen LogP contribution in [0.15, 0.2) is 47.8 Å². The van der Waals surface area contributed by atoms with Gasteiger partial charge in [-0.05, 0) is 44.3 Å². The minimum absolute atomic E-state index is 0.163. The molecular formula is C23H31N5O2S. The quantitative estimate of drug-likeness (QED) is 0.483. The maximum atomic E-state index is 8.36. The van der Waals surface area contributed by atoms with E-state index in [0.717, 1.165) is 29.6 Å². The fourth-order valence-electron chi connectivity index (χ4n) is 3.68. The summed E-state index contributed by atoms with van der Waals surface area (Å²) in [5.74, 6) is 1.27. The van der Waals surface area contributed by atoms with Gasteiger partial charge in [0.15, 0.2) is 11.5 Å². The molecule has 1 atom stereocenters. The summed E-state index contributed by atoms with van der Waals surface area (Å²) >= 11 is 1.90. The molecule has 3 aromatic rings. The maximum absolute atomic E-state index is 8.36. The summed E-state index contributed by atoms with van der Waals surface area (Å²) in [5.41, 5.74) is 3.37. The summed E-state index contributed by atoms with van der Waals surface area (Å²) < 4.78 is 2.22. The van der Waals surface area contributed by atoms with Crippen LogP contribution in [-0.2, 0) is 4.79 Å². The average Bonchev–Trinajstić information content (AvgIpc) is 3.20. The van der Waals surface area contributed by atoms with Crippen LogP contribution in [0.25, 0.3) is 5.65 Å². The zero-order valence-corrected chi connectivity index (χ0v) is 19.1. The molecule has 1 saturated heterocycles. The topological polar surface area (TPSA) is 91.5 Å². The predicted molar refractivity (Wildman–Crippen MR) is 126 cm³/mol. The fourth-order valence-corrected chi connectivity index (χ4v) is 4.80. The van der Waals surface area contributed by atoms with E-state index in [9.17, 15) is 0 Å². The number of hydrogen-bond donors (Lipinski definition) is 3. The Labute approximate surface area is 187 Å². The van der Waals surface area contributed by atoms with E-state index in [4.69, 9.17) is 19.9 Å². The van der Waals surface area contributed by atoms with Crippen LogP contribution in [0.1, 0.15) is 56.8 Å². The SMILES string of the molecule is CC(C)c1cnc2c(N[C@@H](C)c3ccccc3)nc(SC3CCNCC3)cn12.O=CO. The number of benzene rings is 1. The molecule has 1 aliphatic heterocycles. The van der Waals surface area contributed by atoms with Crippen molar-refractivity contribution in [2.45, 2.75) is 55.8 Å². The first-order chi connectivity index (χ1) is 15.0. The number of nitrogens with zero attached hydrogens (tertiary/aromatic N) is 3. The molecule has 1 fully saturated rings. The largest absolute Gasteiger partial charge is 0.483 e. The van der Waals surface area contributed by atoms with E-state index in [0.29, 0.717) is 11.2 Å². The lowest BCUT2D eigenvalue weighted by Crippen LogP contribution is -2.29. The number of imidazole rings is 1. The molecule has 0 saturated carbocycles. The van der Waals surface area contributed by atoms with Crippen LogP contribution < -0.4 is 10.6 Å². The van der Waals surface area contributed by atoms with Crippen LogP contribution in [-0.4, -0.2) is 44.3 Å². The number of fused-ring (bicyclic) bond motifs is 1. The Morgan fingerprint density at radius 1 is 1.23 bits per heavy atom. The van der Waals surface area contributed by atoms with Gasteiger partial charge in [0, 0.05) is 23.3 Å². The van der Waals surface area contributed by atoms with Crippen LogP contribution in [0.4, 0.5) is 5.82 Å². The molecule has 0 bridgehead atoms. The van der Waals surface area contributed by atoms with Crippen LogP contribution in [0, 0.1) is 0 Å².